The average Bonchev–Trinajstić information content (AvgIpc) is 3.00. The van der Waals surface area contributed by atoms with Gasteiger partial charge in [-0.05, 0) is 48.5 Å². The standard InChI is InChI=1S/C18H14F3NO5/c19-18(20,21)12-3-5-13(6-4-12)22-9-15(27-17(22)25)10-26-14-7-1-11(2-8-14)16(23)24/h1-8,15H,9-10H2,(H,23,24). The third kappa shape index (κ3) is 4.30. The predicted octanol–water partition coefficient (Wildman–Crippen LogP) is 3.81. The molecule has 0 aliphatic carbocycles. The van der Waals surface area contributed by atoms with Crippen LogP contribution < -0.4 is 9.64 Å². The van der Waals surface area contributed by atoms with Crippen LogP contribution in [0.2, 0.25) is 0 Å². The maximum absolute atomic E-state index is 12.6. The zero-order valence-corrected chi connectivity index (χ0v) is 13.8. The highest BCUT2D eigenvalue weighted by atomic mass is 19.4. The Hall–Kier alpha value is -3.23. The lowest BCUT2D eigenvalue weighted by Gasteiger charge is -2.14. The SMILES string of the molecule is O=C(O)c1ccc(OCC2CN(c3ccc(C(F)(F)F)cc3)C(=O)O2)cc1. The number of carbonyl (C=O) groups excluding carboxylic acids is 1. The summed E-state index contributed by atoms with van der Waals surface area (Å²) < 4.78 is 48.5. The highest BCUT2D eigenvalue weighted by Crippen LogP contribution is 2.31. The van der Waals surface area contributed by atoms with E-state index in [1.807, 2.05) is 0 Å². The Bertz CT molecular complexity index is 834. The van der Waals surface area contributed by atoms with E-state index in [1.165, 1.54) is 41.3 Å². The summed E-state index contributed by atoms with van der Waals surface area (Å²) in [4.78, 5) is 24.0. The Morgan fingerprint density at radius 2 is 1.78 bits per heavy atom. The largest absolute Gasteiger partial charge is 0.490 e. The fourth-order valence-corrected chi connectivity index (χ4v) is 2.53. The molecule has 3 rings (SSSR count). The quantitative estimate of drug-likeness (QED) is 0.853. The van der Waals surface area contributed by atoms with Gasteiger partial charge in [-0.2, -0.15) is 13.2 Å². The second-order valence-electron chi connectivity index (χ2n) is 5.80. The molecule has 6 nitrogen and oxygen atoms in total. The molecule has 1 saturated heterocycles. The van der Waals surface area contributed by atoms with Gasteiger partial charge in [0, 0.05) is 5.69 Å². The van der Waals surface area contributed by atoms with Crippen LogP contribution in [0.25, 0.3) is 0 Å². The first-order valence-electron chi connectivity index (χ1n) is 7.85. The van der Waals surface area contributed by atoms with Crippen molar-refractivity contribution in [2.75, 3.05) is 18.1 Å². The summed E-state index contributed by atoms with van der Waals surface area (Å²) in [6, 6.07) is 9.93. The minimum Gasteiger partial charge on any atom is -0.490 e. The van der Waals surface area contributed by atoms with Crippen LogP contribution in [-0.2, 0) is 10.9 Å². The summed E-state index contributed by atoms with van der Waals surface area (Å²) in [5, 5.41) is 8.84. The van der Waals surface area contributed by atoms with Gasteiger partial charge in [-0.15, -0.1) is 0 Å². The zero-order chi connectivity index (χ0) is 19.6. The molecule has 1 aliphatic rings. The van der Waals surface area contributed by atoms with Gasteiger partial charge in [0.15, 0.2) is 6.10 Å². The second-order valence-corrected chi connectivity index (χ2v) is 5.80. The number of hydrogen-bond donors (Lipinski definition) is 1. The van der Waals surface area contributed by atoms with Gasteiger partial charge in [-0.25, -0.2) is 9.59 Å². The van der Waals surface area contributed by atoms with Crippen molar-refractivity contribution in [3.05, 3.63) is 59.7 Å². The van der Waals surface area contributed by atoms with Crippen LogP contribution in [0.4, 0.5) is 23.7 Å². The van der Waals surface area contributed by atoms with E-state index in [0.717, 1.165) is 12.1 Å². The number of ether oxygens (including phenoxy) is 2. The molecule has 1 heterocycles. The highest BCUT2D eigenvalue weighted by Gasteiger charge is 2.34. The minimum absolute atomic E-state index is 0.0231. The Kier molecular flexibility index (Phi) is 4.93. The summed E-state index contributed by atoms with van der Waals surface area (Å²) in [6.45, 7) is 0.146. The van der Waals surface area contributed by atoms with Crippen molar-refractivity contribution in [2.24, 2.45) is 0 Å². The summed E-state index contributed by atoms with van der Waals surface area (Å²) in [5.74, 6) is -0.650. The Morgan fingerprint density at radius 1 is 1.15 bits per heavy atom. The third-order valence-electron chi connectivity index (χ3n) is 3.92. The molecule has 0 radical (unpaired) electrons. The van der Waals surface area contributed by atoms with Gasteiger partial charge in [0.25, 0.3) is 0 Å². The summed E-state index contributed by atoms with van der Waals surface area (Å²) in [5.41, 5.74) is -0.395. The van der Waals surface area contributed by atoms with E-state index in [4.69, 9.17) is 14.6 Å². The molecule has 142 valence electrons. The number of cyclic esters (lactones) is 1. The number of alkyl halides is 3. The lowest BCUT2D eigenvalue weighted by atomic mass is 10.2. The number of halogens is 3. The van der Waals surface area contributed by atoms with Crippen LogP contribution in [0.3, 0.4) is 0 Å². The molecule has 0 aromatic heterocycles. The van der Waals surface area contributed by atoms with Crippen molar-refractivity contribution in [2.45, 2.75) is 12.3 Å². The van der Waals surface area contributed by atoms with Crippen LogP contribution in [0, 0.1) is 0 Å². The first-order chi connectivity index (χ1) is 12.7. The lowest BCUT2D eigenvalue weighted by molar-refractivity contribution is -0.137. The van der Waals surface area contributed by atoms with Crippen LogP contribution in [-0.4, -0.2) is 36.4 Å². The molecule has 2 aromatic rings. The van der Waals surface area contributed by atoms with Crippen molar-refractivity contribution in [3.8, 4) is 5.75 Å². The van der Waals surface area contributed by atoms with Crippen molar-refractivity contribution in [3.63, 3.8) is 0 Å². The molecule has 1 N–H and O–H groups in total. The number of nitrogens with zero attached hydrogens (tertiary/aromatic N) is 1. The van der Waals surface area contributed by atoms with Gasteiger partial charge < -0.3 is 14.6 Å². The van der Waals surface area contributed by atoms with Crippen molar-refractivity contribution < 1.29 is 37.3 Å². The molecule has 0 spiro atoms. The lowest BCUT2D eigenvalue weighted by Crippen LogP contribution is -2.26. The Balaban J connectivity index is 1.59. The zero-order valence-electron chi connectivity index (χ0n) is 13.8. The fraction of sp³-hybridized carbons (Fsp3) is 0.222. The third-order valence-corrected chi connectivity index (χ3v) is 3.92. The van der Waals surface area contributed by atoms with Gasteiger partial charge in [-0.3, -0.25) is 4.90 Å². The predicted molar refractivity (Wildman–Crippen MR) is 88.0 cm³/mol. The second kappa shape index (κ2) is 7.18. The molecule has 0 bridgehead atoms. The van der Waals surface area contributed by atoms with E-state index in [9.17, 15) is 22.8 Å². The number of benzene rings is 2. The molecule has 0 saturated carbocycles. The molecule has 1 atom stereocenters. The molecule has 2 aromatic carbocycles. The van der Waals surface area contributed by atoms with Crippen LogP contribution >= 0.6 is 0 Å². The molecule has 1 aliphatic heterocycles. The molecule has 27 heavy (non-hydrogen) atoms. The first kappa shape index (κ1) is 18.6. The van der Waals surface area contributed by atoms with Crippen LogP contribution in [0.5, 0.6) is 5.75 Å². The number of aromatic carboxylic acids is 1. The number of carboxylic acid groups (broad SMARTS) is 1. The number of rotatable bonds is 5. The molecule has 1 amide bonds. The normalized spacial score (nSPS) is 16.9. The smallest absolute Gasteiger partial charge is 0.416 e. The maximum atomic E-state index is 12.6. The van der Waals surface area contributed by atoms with E-state index in [2.05, 4.69) is 0 Å². The first-order valence-corrected chi connectivity index (χ1v) is 7.85. The number of anilines is 1. The average molecular weight is 381 g/mol. The monoisotopic (exact) mass is 381 g/mol. The summed E-state index contributed by atoms with van der Waals surface area (Å²) in [7, 11) is 0. The number of carboxylic acids is 1. The van der Waals surface area contributed by atoms with Gasteiger partial charge in [0.05, 0.1) is 17.7 Å². The minimum atomic E-state index is -4.45. The fourth-order valence-electron chi connectivity index (χ4n) is 2.53. The molecular formula is C18H14F3NO5. The van der Waals surface area contributed by atoms with Crippen LogP contribution in [0.1, 0.15) is 15.9 Å². The molecular weight excluding hydrogens is 367 g/mol. The van der Waals surface area contributed by atoms with Gasteiger partial charge in [0.1, 0.15) is 12.4 Å². The van der Waals surface area contributed by atoms with Gasteiger partial charge in [0.2, 0.25) is 0 Å². The van der Waals surface area contributed by atoms with Crippen LogP contribution in [0.15, 0.2) is 48.5 Å². The van der Waals surface area contributed by atoms with E-state index in [1.54, 1.807) is 0 Å². The van der Waals surface area contributed by atoms with E-state index >= 15 is 0 Å². The van der Waals surface area contributed by atoms with Crippen molar-refractivity contribution in [1.82, 2.24) is 0 Å². The molecule has 1 fully saturated rings. The summed E-state index contributed by atoms with van der Waals surface area (Å²) in [6.07, 6.45) is -5.74. The molecule has 9 heteroatoms. The van der Waals surface area contributed by atoms with Crippen molar-refractivity contribution >= 4 is 17.7 Å². The molecule has 1 unspecified atom stereocenters. The Morgan fingerprint density at radius 3 is 2.33 bits per heavy atom. The number of carbonyl (C=O) groups is 2. The number of amides is 1. The summed E-state index contributed by atoms with van der Waals surface area (Å²) >= 11 is 0. The van der Waals surface area contributed by atoms with E-state index in [0.29, 0.717) is 11.4 Å². The topological polar surface area (TPSA) is 76.1 Å². The maximum Gasteiger partial charge on any atom is 0.416 e. The number of hydrogen-bond acceptors (Lipinski definition) is 4. The van der Waals surface area contributed by atoms with Crippen molar-refractivity contribution in [1.29, 1.82) is 0 Å². The van der Waals surface area contributed by atoms with E-state index in [-0.39, 0.29) is 18.7 Å². The van der Waals surface area contributed by atoms with E-state index < -0.39 is 29.9 Å². The van der Waals surface area contributed by atoms with Gasteiger partial charge in [-0.1, -0.05) is 0 Å². The Labute approximate surface area is 151 Å². The van der Waals surface area contributed by atoms with Gasteiger partial charge >= 0.3 is 18.2 Å². The highest BCUT2D eigenvalue weighted by molar-refractivity contribution is 5.89.